The van der Waals surface area contributed by atoms with Crippen molar-refractivity contribution in [2.24, 2.45) is 11.0 Å². The van der Waals surface area contributed by atoms with Gasteiger partial charge in [0, 0.05) is 35.3 Å². The Morgan fingerprint density at radius 1 is 1.12 bits per heavy atom. The van der Waals surface area contributed by atoms with Crippen molar-refractivity contribution in [1.82, 2.24) is 10.6 Å². The second-order valence-corrected chi connectivity index (χ2v) is 9.56. The summed E-state index contributed by atoms with van der Waals surface area (Å²) in [5.74, 6) is 1.80. The molecule has 5 rings (SSSR count). The third-order valence-corrected chi connectivity index (χ3v) is 7.07. The highest BCUT2D eigenvalue weighted by atomic mass is 16.5. The molecular weight excluding hydrogens is 426 g/mol. The molecule has 1 amide bonds. The van der Waals surface area contributed by atoms with Crippen molar-refractivity contribution in [3.63, 3.8) is 0 Å². The summed E-state index contributed by atoms with van der Waals surface area (Å²) in [7, 11) is 0. The van der Waals surface area contributed by atoms with Gasteiger partial charge >= 0.3 is 0 Å². The monoisotopic (exact) mass is 459 g/mol. The number of benzene rings is 2. The summed E-state index contributed by atoms with van der Waals surface area (Å²) in [5, 5.41) is 10.7. The molecule has 0 spiro atoms. The highest BCUT2D eigenvalue weighted by Crippen LogP contribution is 2.45. The van der Waals surface area contributed by atoms with Crippen LogP contribution < -0.4 is 20.3 Å². The molecule has 2 heterocycles. The number of ether oxygens (including phenoxy) is 1. The lowest BCUT2D eigenvalue weighted by molar-refractivity contribution is -0.120. The Kier molecular flexibility index (Phi) is 6.63. The molecule has 1 saturated carbocycles. The number of amides is 1. The first kappa shape index (κ1) is 22.6. The van der Waals surface area contributed by atoms with Crippen molar-refractivity contribution in [3.8, 4) is 11.5 Å². The third kappa shape index (κ3) is 4.71. The topological polar surface area (TPSA) is 89.8 Å². The standard InChI is InChI=1S/C27H33N5O2/c1-18-7-10-23-25(32(18)27(33)19-8-9-19)12-11-22(26(23)34-21-5-3-2-4-6-21)24(31-28)17-30-20-13-15-29-16-14-20/h2-6,11-12,17-20,28-30H,7-10,13-16H2,1H3/b24-17-,31-28?/t18-/m0/s1. The average molecular weight is 460 g/mol. The molecule has 0 bridgehead atoms. The SMILES string of the molecule is C[C@H]1CCc2c(ccc(/C(=C/NC3CCNCC3)N=N)c2Oc2ccccc2)N1C(=O)C1CC1. The average Bonchev–Trinajstić information content (AvgIpc) is 3.72. The summed E-state index contributed by atoms with van der Waals surface area (Å²) in [6.07, 6.45) is 7.58. The van der Waals surface area contributed by atoms with Crippen LogP contribution >= 0.6 is 0 Å². The quantitative estimate of drug-likeness (QED) is 0.495. The minimum Gasteiger partial charge on any atom is -0.456 e. The Hall–Kier alpha value is -3.19. The molecule has 0 radical (unpaired) electrons. The number of para-hydroxylation sites is 1. The summed E-state index contributed by atoms with van der Waals surface area (Å²) in [4.78, 5) is 15.1. The van der Waals surface area contributed by atoms with Gasteiger partial charge in [0.1, 0.15) is 17.2 Å². The zero-order valence-corrected chi connectivity index (χ0v) is 19.7. The minimum absolute atomic E-state index is 0.152. The zero-order valence-electron chi connectivity index (χ0n) is 19.7. The highest BCUT2D eigenvalue weighted by molar-refractivity contribution is 5.99. The second-order valence-electron chi connectivity index (χ2n) is 9.56. The number of nitrogens with zero attached hydrogens (tertiary/aromatic N) is 2. The maximum absolute atomic E-state index is 13.2. The van der Waals surface area contributed by atoms with Gasteiger partial charge in [0.15, 0.2) is 0 Å². The number of nitrogens with one attached hydrogen (secondary N) is 3. The lowest BCUT2D eigenvalue weighted by Crippen LogP contribution is -2.43. The van der Waals surface area contributed by atoms with Gasteiger partial charge in [-0.3, -0.25) is 4.79 Å². The van der Waals surface area contributed by atoms with Crippen LogP contribution in [0.25, 0.3) is 5.70 Å². The van der Waals surface area contributed by atoms with Gasteiger partial charge in [-0.2, -0.15) is 5.11 Å². The number of carbonyl (C=O) groups is 1. The first-order chi connectivity index (χ1) is 16.7. The molecule has 178 valence electrons. The lowest BCUT2D eigenvalue weighted by atomic mass is 9.92. The Labute approximate surface area is 201 Å². The molecule has 2 aliphatic heterocycles. The molecule has 7 nitrogen and oxygen atoms in total. The maximum Gasteiger partial charge on any atom is 0.230 e. The molecule has 3 aliphatic rings. The molecule has 1 atom stereocenters. The first-order valence-corrected chi connectivity index (χ1v) is 12.4. The number of fused-ring (bicyclic) bond motifs is 1. The van der Waals surface area contributed by atoms with Gasteiger partial charge < -0.3 is 20.3 Å². The van der Waals surface area contributed by atoms with Crippen LogP contribution in [0.2, 0.25) is 0 Å². The number of hydrogen-bond donors (Lipinski definition) is 3. The molecule has 1 aliphatic carbocycles. The van der Waals surface area contributed by atoms with Gasteiger partial charge in [0.25, 0.3) is 0 Å². The van der Waals surface area contributed by atoms with Crippen LogP contribution in [0.15, 0.2) is 53.8 Å². The normalized spacial score (nSPS) is 21.0. The van der Waals surface area contributed by atoms with Crippen LogP contribution in [0.4, 0.5) is 5.69 Å². The van der Waals surface area contributed by atoms with E-state index in [0.717, 1.165) is 74.2 Å². The number of rotatable bonds is 7. The molecule has 7 heteroatoms. The molecule has 34 heavy (non-hydrogen) atoms. The van der Waals surface area contributed by atoms with Crippen molar-refractivity contribution in [1.29, 1.82) is 5.53 Å². The van der Waals surface area contributed by atoms with Crippen molar-refractivity contribution in [3.05, 3.63) is 59.8 Å². The summed E-state index contributed by atoms with van der Waals surface area (Å²) >= 11 is 0. The van der Waals surface area contributed by atoms with E-state index in [2.05, 4.69) is 22.7 Å². The van der Waals surface area contributed by atoms with Crippen LogP contribution in [-0.2, 0) is 11.2 Å². The smallest absolute Gasteiger partial charge is 0.230 e. The van der Waals surface area contributed by atoms with Crippen LogP contribution in [0.1, 0.15) is 50.2 Å². The van der Waals surface area contributed by atoms with E-state index in [1.807, 2.05) is 53.6 Å². The minimum atomic E-state index is 0.152. The summed E-state index contributed by atoms with van der Waals surface area (Å²) in [6.45, 7) is 4.11. The molecular formula is C27H33N5O2. The van der Waals surface area contributed by atoms with Crippen molar-refractivity contribution >= 4 is 17.3 Å². The fourth-order valence-electron chi connectivity index (χ4n) is 4.95. The summed E-state index contributed by atoms with van der Waals surface area (Å²) in [6, 6.07) is 14.2. The van der Waals surface area contributed by atoms with E-state index in [4.69, 9.17) is 10.3 Å². The van der Waals surface area contributed by atoms with E-state index in [-0.39, 0.29) is 17.9 Å². The van der Waals surface area contributed by atoms with E-state index < -0.39 is 0 Å². The molecule has 2 aromatic carbocycles. The largest absolute Gasteiger partial charge is 0.456 e. The Morgan fingerprint density at radius 2 is 1.88 bits per heavy atom. The van der Waals surface area contributed by atoms with E-state index >= 15 is 0 Å². The number of carbonyl (C=O) groups excluding carboxylic acids is 1. The maximum atomic E-state index is 13.2. The fraction of sp³-hybridized carbons (Fsp3) is 0.444. The number of anilines is 1. The van der Waals surface area contributed by atoms with E-state index in [0.29, 0.717) is 17.5 Å². The van der Waals surface area contributed by atoms with Crippen LogP contribution in [-0.4, -0.2) is 31.1 Å². The van der Waals surface area contributed by atoms with Crippen LogP contribution in [0, 0.1) is 11.4 Å². The van der Waals surface area contributed by atoms with E-state index in [9.17, 15) is 4.79 Å². The van der Waals surface area contributed by atoms with Crippen molar-refractivity contribution < 1.29 is 9.53 Å². The number of piperidine rings is 1. The van der Waals surface area contributed by atoms with Crippen LogP contribution in [0.3, 0.4) is 0 Å². The predicted octanol–water partition coefficient (Wildman–Crippen LogP) is 5.23. The Balaban J connectivity index is 1.55. The van der Waals surface area contributed by atoms with Crippen molar-refractivity contribution in [2.75, 3.05) is 18.0 Å². The number of hydrogen-bond acceptors (Lipinski definition) is 6. The molecule has 1 saturated heterocycles. The molecule has 0 aromatic heterocycles. The van der Waals surface area contributed by atoms with Gasteiger partial charge in [-0.1, -0.05) is 18.2 Å². The lowest BCUT2D eigenvalue weighted by Gasteiger charge is -2.36. The van der Waals surface area contributed by atoms with Gasteiger partial charge in [0.05, 0.1) is 5.69 Å². The zero-order chi connectivity index (χ0) is 23.5. The van der Waals surface area contributed by atoms with Gasteiger partial charge in [-0.05, 0) is 82.8 Å². The molecule has 2 aromatic rings. The van der Waals surface area contributed by atoms with Crippen LogP contribution in [0.5, 0.6) is 11.5 Å². The predicted molar refractivity (Wildman–Crippen MR) is 133 cm³/mol. The first-order valence-electron chi connectivity index (χ1n) is 12.4. The van der Waals surface area contributed by atoms with E-state index in [1.165, 1.54) is 0 Å². The second kappa shape index (κ2) is 9.97. The van der Waals surface area contributed by atoms with Gasteiger partial charge in [0.2, 0.25) is 5.91 Å². The van der Waals surface area contributed by atoms with E-state index in [1.54, 1.807) is 0 Å². The Bertz CT molecular complexity index is 1070. The summed E-state index contributed by atoms with van der Waals surface area (Å²) in [5.41, 5.74) is 11.2. The molecule has 2 fully saturated rings. The fourth-order valence-corrected chi connectivity index (χ4v) is 4.95. The molecule has 0 unspecified atom stereocenters. The highest BCUT2D eigenvalue weighted by Gasteiger charge is 2.39. The Morgan fingerprint density at radius 3 is 2.59 bits per heavy atom. The third-order valence-electron chi connectivity index (χ3n) is 7.07. The van der Waals surface area contributed by atoms with Gasteiger partial charge in [-0.25, -0.2) is 5.53 Å². The van der Waals surface area contributed by atoms with Crippen molar-refractivity contribution in [2.45, 2.75) is 57.5 Å². The van der Waals surface area contributed by atoms with Gasteiger partial charge in [-0.15, -0.1) is 0 Å². The molecule has 3 N–H and O–H groups in total. The summed E-state index contributed by atoms with van der Waals surface area (Å²) < 4.78 is 6.46.